The Bertz CT molecular complexity index is 671. The molecule has 0 aliphatic carbocycles. The second kappa shape index (κ2) is 10.9. The van der Waals surface area contributed by atoms with Crippen LogP contribution in [-0.4, -0.2) is 48.1 Å². The van der Waals surface area contributed by atoms with Crippen LogP contribution in [0.15, 0.2) is 18.2 Å². The lowest BCUT2D eigenvalue weighted by Crippen LogP contribution is -2.46. The van der Waals surface area contributed by atoms with Crippen LogP contribution in [0.5, 0.6) is 0 Å². The summed E-state index contributed by atoms with van der Waals surface area (Å²) < 4.78 is 0. The van der Waals surface area contributed by atoms with E-state index < -0.39 is 0 Å². The van der Waals surface area contributed by atoms with Crippen molar-refractivity contribution >= 4 is 41.6 Å². The number of anilines is 1. The first-order valence-corrected chi connectivity index (χ1v) is 9.99. The van der Waals surface area contributed by atoms with Crippen molar-refractivity contribution in [3.05, 3.63) is 28.8 Å². The third-order valence-corrected chi connectivity index (χ3v) is 4.75. The van der Waals surface area contributed by atoms with Crippen LogP contribution in [-0.2, 0) is 0 Å². The van der Waals surface area contributed by atoms with Crippen LogP contribution in [0.3, 0.4) is 0 Å². The number of carbonyl (C=O) groups is 2. The monoisotopic (exact) mass is 430 g/mol. The Morgan fingerprint density at radius 2 is 1.89 bits per heavy atom. The fraction of sp³-hybridized carbons (Fsp3) is 0.600. The summed E-state index contributed by atoms with van der Waals surface area (Å²) in [7, 11) is 0. The van der Waals surface area contributed by atoms with Crippen molar-refractivity contribution in [3.63, 3.8) is 0 Å². The molecule has 1 aromatic rings. The molecule has 1 aromatic carbocycles. The largest absolute Gasteiger partial charge is 0.336 e. The number of hydrogen-bond acceptors (Lipinski definition) is 3. The van der Waals surface area contributed by atoms with Gasteiger partial charge in [0.2, 0.25) is 0 Å². The minimum absolute atomic E-state index is 0. The SMILES string of the molecule is CCCN(C(=O)c1cc(NC(=O)NC(C)(C)C)ccc1Cl)C1CCNCC1.Cl. The van der Waals surface area contributed by atoms with Crippen LogP contribution in [0.1, 0.15) is 57.3 Å². The Labute approximate surface area is 179 Å². The molecule has 0 saturated carbocycles. The zero-order valence-electron chi connectivity index (χ0n) is 17.1. The van der Waals surface area contributed by atoms with Crippen LogP contribution in [0.2, 0.25) is 5.02 Å². The third-order valence-electron chi connectivity index (χ3n) is 4.42. The maximum Gasteiger partial charge on any atom is 0.319 e. The number of carbonyl (C=O) groups excluding carboxylic acids is 2. The molecule has 1 aliphatic heterocycles. The van der Waals surface area contributed by atoms with Gasteiger partial charge in [-0.3, -0.25) is 4.79 Å². The molecular weight excluding hydrogens is 399 g/mol. The molecule has 0 atom stereocenters. The summed E-state index contributed by atoms with van der Waals surface area (Å²) in [6.45, 7) is 10.3. The number of benzene rings is 1. The standard InChI is InChI=1S/C20H31ClN4O2.ClH/c1-5-12-25(15-8-10-22-11-9-15)18(26)16-13-14(6-7-17(16)21)23-19(27)24-20(2,3)4;/h6-7,13,15,22H,5,8-12H2,1-4H3,(H2,23,24,27);1H. The summed E-state index contributed by atoms with van der Waals surface area (Å²) in [5, 5.41) is 9.35. The molecule has 1 fully saturated rings. The Kier molecular flexibility index (Phi) is 9.54. The van der Waals surface area contributed by atoms with Gasteiger partial charge in [0.1, 0.15) is 0 Å². The molecule has 6 nitrogen and oxygen atoms in total. The van der Waals surface area contributed by atoms with Gasteiger partial charge < -0.3 is 20.9 Å². The Balaban J connectivity index is 0.00000392. The average Bonchev–Trinajstić information content (AvgIpc) is 2.60. The molecule has 1 saturated heterocycles. The molecule has 3 amide bonds. The quantitative estimate of drug-likeness (QED) is 0.652. The lowest BCUT2D eigenvalue weighted by atomic mass is 10.0. The van der Waals surface area contributed by atoms with Crippen LogP contribution in [0.25, 0.3) is 0 Å². The molecular formula is C20H32Cl2N4O2. The molecule has 1 aliphatic rings. The minimum Gasteiger partial charge on any atom is -0.336 e. The summed E-state index contributed by atoms with van der Waals surface area (Å²) in [6.07, 6.45) is 2.77. The van der Waals surface area contributed by atoms with Crippen molar-refractivity contribution in [1.82, 2.24) is 15.5 Å². The molecule has 3 N–H and O–H groups in total. The van der Waals surface area contributed by atoms with Gasteiger partial charge in [-0.1, -0.05) is 18.5 Å². The van der Waals surface area contributed by atoms with E-state index >= 15 is 0 Å². The first-order chi connectivity index (χ1) is 12.7. The third kappa shape index (κ3) is 7.15. The highest BCUT2D eigenvalue weighted by Crippen LogP contribution is 2.25. The van der Waals surface area contributed by atoms with E-state index in [1.54, 1.807) is 18.2 Å². The Hall–Kier alpha value is -1.50. The smallest absolute Gasteiger partial charge is 0.319 e. The summed E-state index contributed by atoms with van der Waals surface area (Å²) in [5.41, 5.74) is 0.630. The average molecular weight is 431 g/mol. The number of nitrogens with one attached hydrogen (secondary N) is 3. The minimum atomic E-state index is -0.345. The van der Waals surface area contributed by atoms with E-state index in [0.29, 0.717) is 22.8 Å². The zero-order chi connectivity index (χ0) is 20.0. The van der Waals surface area contributed by atoms with Crippen LogP contribution < -0.4 is 16.0 Å². The Morgan fingerprint density at radius 3 is 2.46 bits per heavy atom. The number of hydrogen-bond donors (Lipinski definition) is 3. The van der Waals surface area contributed by atoms with Crippen LogP contribution in [0, 0.1) is 0 Å². The lowest BCUT2D eigenvalue weighted by molar-refractivity contribution is 0.0643. The van der Waals surface area contributed by atoms with E-state index in [0.717, 1.165) is 32.4 Å². The van der Waals surface area contributed by atoms with Crippen molar-refractivity contribution in [2.45, 2.75) is 58.5 Å². The molecule has 0 spiro atoms. The number of amides is 3. The zero-order valence-corrected chi connectivity index (χ0v) is 18.7. The summed E-state index contributed by atoms with van der Waals surface area (Å²) >= 11 is 6.33. The first-order valence-electron chi connectivity index (χ1n) is 9.61. The molecule has 0 radical (unpaired) electrons. The van der Waals surface area contributed by atoms with Gasteiger partial charge >= 0.3 is 6.03 Å². The summed E-state index contributed by atoms with van der Waals surface area (Å²) in [6, 6.07) is 4.93. The predicted octanol–water partition coefficient (Wildman–Crippen LogP) is 4.29. The predicted molar refractivity (Wildman–Crippen MR) is 118 cm³/mol. The normalized spacial score (nSPS) is 14.8. The van der Waals surface area contributed by atoms with Gasteiger partial charge in [0.25, 0.3) is 5.91 Å². The maximum atomic E-state index is 13.2. The second-order valence-electron chi connectivity index (χ2n) is 8.00. The highest BCUT2D eigenvalue weighted by molar-refractivity contribution is 6.34. The van der Waals surface area contributed by atoms with Gasteiger partial charge in [0.15, 0.2) is 0 Å². The van der Waals surface area contributed by atoms with Gasteiger partial charge in [-0.15, -0.1) is 12.4 Å². The molecule has 0 unspecified atom stereocenters. The molecule has 28 heavy (non-hydrogen) atoms. The van der Waals surface area contributed by atoms with Crippen molar-refractivity contribution < 1.29 is 9.59 Å². The molecule has 2 rings (SSSR count). The molecule has 1 heterocycles. The van der Waals surface area contributed by atoms with Gasteiger partial charge in [-0.2, -0.15) is 0 Å². The van der Waals surface area contributed by atoms with Crippen LogP contribution >= 0.6 is 24.0 Å². The molecule has 8 heteroatoms. The number of urea groups is 1. The topological polar surface area (TPSA) is 73.5 Å². The molecule has 0 aromatic heterocycles. The molecule has 158 valence electrons. The van der Waals surface area contributed by atoms with Gasteiger partial charge in [-0.05, 0) is 71.3 Å². The number of rotatable bonds is 5. The fourth-order valence-electron chi connectivity index (χ4n) is 3.23. The number of nitrogens with zero attached hydrogens (tertiary/aromatic N) is 1. The maximum absolute atomic E-state index is 13.2. The molecule has 0 bridgehead atoms. The van der Waals surface area contributed by atoms with E-state index in [2.05, 4.69) is 22.9 Å². The Morgan fingerprint density at radius 1 is 1.25 bits per heavy atom. The van der Waals surface area contributed by atoms with Gasteiger partial charge in [-0.25, -0.2) is 4.79 Å². The van der Waals surface area contributed by atoms with Crippen molar-refractivity contribution in [1.29, 1.82) is 0 Å². The van der Waals surface area contributed by atoms with Gasteiger partial charge in [0, 0.05) is 23.8 Å². The fourth-order valence-corrected chi connectivity index (χ4v) is 3.43. The number of piperidine rings is 1. The summed E-state index contributed by atoms with van der Waals surface area (Å²) in [4.78, 5) is 27.3. The second-order valence-corrected chi connectivity index (χ2v) is 8.41. The van der Waals surface area contributed by atoms with E-state index in [9.17, 15) is 9.59 Å². The van der Waals surface area contributed by atoms with E-state index in [1.807, 2.05) is 25.7 Å². The van der Waals surface area contributed by atoms with Crippen LogP contribution in [0.4, 0.5) is 10.5 Å². The highest BCUT2D eigenvalue weighted by atomic mass is 35.5. The van der Waals surface area contributed by atoms with Gasteiger partial charge in [0.05, 0.1) is 10.6 Å². The first kappa shape index (κ1) is 24.5. The summed E-state index contributed by atoms with van der Waals surface area (Å²) in [5.74, 6) is -0.0753. The van der Waals surface area contributed by atoms with Crippen molar-refractivity contribution in [2.24, 2.45) is 0 Å². The van der Waals surface area contributed by atoms with E-state index in [4.69, 9.17) is 11.6 Å². The van der Waals surface area contributed by atoms with Crippen molar-refractivity contribution in [3.8, 4) is 0 Å². The highest BCUT2D eigenvalue weighted by Gasteiger charge is 2.27. The van der Waals surface area contributed by atoms with E-state index in [1.165, 1.54) is 0 Å². The lowest BCUT2D eigenvalue weighted by Gasteiger charge is -2.35. The van der Waals surface area contributed by atoms with E-state index in [-0.39, 0.29) is 35.9 Å². The number of halogens is 2. The van der Waals surface area contributed by atoms with Crippen molar-refractivity contribution in [2.75, 3.05) is 25.0 Å².